The molecule has 52 heavy (non-hydrogen) atoms. The highest BCUT2D eigenvalue weighted by atomic mass is 32.2. The molecule has 8 atom stereocenters. The number of hydrogen-bond donors (Lipinski definition) is 1. The van der Waals surface area contributed by atoms with Crippen LogP contribution in [0.1, 0.15) is 139 Å². The standard InChI is InChI=1S/C45H70N2O4S/c1-29(2)39-36(49)28-45(46-24-27-47-25-18-33(19-26-47)52(9,50)51)23-22-43(7)35(40(39)45)14-15-38-42(6)20-16-34(32-12-10-31(11-13-32)30(3)48)41(4,5)37(42)17-21-44(38,43)8/h12,16,29,31,33,35,37-38,46H,10-11,13-15,17-28H2,1-9H3/t31?,35-,37+,38-,42+,43-,44-,45-/m1/s1. The van der Waals surface area contributed by atoms with E-state index in [-0.39, 0.29) is 44.3 Å². The van der Waals surface area contributed by atoms with E-state index in [1.165, 1.54) is 43.1 Å². The molecule has 1 unspecified atom stereocenters. The molecule has 0 aromatic heterocycles. The van der Waals surface area contributed by atoms with Gasteiger partial charge in [-0.05, 0) is 165 Å². The van der Waals surface area contributed by atoms with Crippen LogP contribution in [-0.2, 0) is 19.4 Å². The van der Waals surface area contributed by atoms with Gasteiger partial charge in [0.1, 0.15) is 15.6 Å². The molecule has 1 saturated heterocycles. The number of likely N-dealkylation sites (tertiary alicyclic amines) is 1. The first-order chi connectivity index (χ1) is 24.3. The highest BCUT2D eigenvalue weighted by Crippen LogP contribution is 2.76. The summed E-state index contributed by atoms with van der Waals surface area (Å²) in [4.78, 5) is 28.6. The molecule has 0 aromatic rings. The Balaban J connectivity index is 1.14. The van der Waals surface area contributed by atoms with Crippen LogP contribution in [0.3, 0.4) is 0 Å². The summed E-state index contributed by atoms with van der Waals surface area (Å²) in [6, 6.07) is 0. The summed E-state index contributed by atoms with van der Waals surface area (Å²) < 4.78 is 24.3. The quantitative estimate of drug-likeness (QED) is 0.269. The second-order valence-corrected chi connectivity index (χ2v) is 22.8. The Labute approximate surface area is 316 Å². The van der Waals surface area contributed by atoms with Crippen molar-refractivity contribution in [2.45, 2.75) is 150 Å². The molecule has 1 heterocycles. The molecule has 6 nitrogen and oxygen atoms in total. The van der Waals surface area contributed by atoms with Crippen LogP contribution < -0.4 is 5.32 Å². The Morgan fingerprint density at radius 2 is 1.63 bits per heavy atom. The van der Waals surface area contributed by atoms with Crippen molar-refractivity contribution in [2.75, 3.05) is 32.4 Å². The zero-order valence-electron chi connectivity index (χ0n) is 34.1. The molecule has 0 spiro atoms. The Kier molecular flexibility index (Phi) is 9.88. The minimum Gasteiger partial charge on any atom is -0.306 e. The number of sulfone groups is 1. The monoisotopic (exact) mass is 735 g/mol. The van der Waals surface area contributed by atoms with Crippen molar-refractivity contribution in [3.05, 3.63) is 34.4 Å². The van der Waals surface area contributed by atoms with Gasteiger partial charge in [-0.25, -0.2) is 8.42 Å². The number of piperidine rings is 1. The number of fused-ring (bicyclic) bond motifs is 7. The van der Waals surface area contributed by atoms with Gasteiger partial charge in [-0.15, -0.1) is 0 Å². The Morgan fingerprint density at radius 3 is 2.25 bits per heavy atom. The summed E-state index contributed by atoms with van der Waals surface area (Å²) in [5, 5.41) is 3.87. The van der Waals surface area contributed by atoms with Crippen LogP contribution in [0.2, 0.25) is 0 Å². The maximum atomic E-state index is 14.1. The van der Waals surface area contributed by atoms with E-state index in [9.17, 15) is 18.0 Å². The summed E-state index contributed by atoms with van der Waals surface area (Å²) in [7, 11) is -2.98. The smallest absolute Gasteiger partial charge is 0.161 e. The molecular formula is C45H70N2O4S. The SMILES string of the molecule is CC(=O)C1CC=C(C2=CC[C@]3(C)[C@H]4CC[C@@H]5C6=C(C(C)C)C(=O)C[C@]6(NCCN6CCC(S(C)(=O)=O)CC6)CC[C@@]5(C)[C@]4(C)CC[C@H]3C2(C)C)CC1. The molecule has 0 amide bonds. The van der Waals surface area contributed by atoms with Gasteiger partial charge in [0.15, 0.2) is 5.78 Å². The van der Waals surface area contributed by atoms with Crippen LogP contribution in [0, 0.1) is 51.2 Å². The zero-order chi connectivity index (χ0) is 37.6. The second-order valence-electron chi connectivity index (χ2n) is 20.4. The van der Waals surface area contributed by atoms with Crippen molar-refractivity contribution in [3.8, 4) is 0 Å². The van der Waals surface area contributed by atoms with Gasteiger partial charge < -0.3 is 10.2 Å². The number of Topliss-reactive ketones (excluding diaryl/α,β-unsaturated/α-hetero) is 2. The largest absolute Gasteiger partial charge is 0.306 e. The number of rotatable bonds is 8. The average Bonchev–Trinajstić information content (AvgIpc) is 3.37. The molecule has 0 bridgehead atoms. The highest BCUT2D eigenvalue weighted by Gasteiger charge is 2.69. The van der Waals surface area contributed by atoms with Gasteiger partial charge in [-0.3, -0.25) is 9.59 Å². The lowest BCUT2D eigenvalue weighted by Gasteiger charge is -2.71. The summed E-state index contributed by atoms with van der Waals surface area (Å²) in [5.41, 5.74) is 6.17. The molecule has 0 aromatic carbocycles. The fraction of sp³-hybridized carbons (Fsp3) is 0.822. The van der Waals surface area contributed by atoms with E-state index in [2.05, 4.69) is 70.8 Å². The fourth-order valence-corrected chi connectivity index (χ4v) is 15.5. The van der Waals surface area contributed by atoms with Crippen molar-refractivity contribution in [3.63, 3.8) is 0 Å². The number of hydrogen-bond acceptors (Lipinski definition) is 6. The van der Waals surface area contributed by atoms with Gasteiger partial charge in [0.05, 0.1) is 5.25 Å². The summed E-state index contributed by atoms with van der Waals surface area (Å²) in [5.74, 6) is 2.85. The number of nitrogens with one attached hydrogen (secondary N) is 1. The van der Waals surface area contributed by atoms with Gasteiger partial charge in [-0.1, -0.05) is 60.6 Å². The molecular weight excluding hydrogens is 665 g/mol. The van der Waals surface area contributed by atoms with Crippen molar-refractivity contribution < 1.29 is 18.0 Å². The normalized spacial score (nSPS) is 41.2. The molecule has 1 aliphatic heterocycles. The van der Waals surface area contributed by atoms with Gasteiger partial charge in [-0.2, -0.15) is 0 Å². The van der Waals surface area contributed by atoms with Gasteiger partial charge in [0.2, 0.25) is 0 Å². The maximum absolute atomic E-state index is 14.1. The first-order valence-electron chi connectivity index (χ1n) is 21.1. The molecule has 4 fully saturated rings. The van der Waals surface area contributed by atoms with Crippen molar-refractivity contribution >= 4 is 21.4 Å². The first-order valence-corrected chi connectivity index (χ1v) is 23.1. The predicted octanol–water partition coefficient (Wildman–Crippen LogP) is 8.67. The predicted molar refractivity (Wildman–Crippen MR) is 212 cm³/mol. The minimum absolute atomic E-state index is 0.109. The second kappa shape index (κ2) is 13.3. The third-order valence-electron chi connectivity index (χ3n) is 17.4. The molecule has 7 aliphatic rings. The fourth-order valence-electron chi connectivity index (χ4n) is 14.4. The van der Waals surface area contributed by atoms with Gasteiger partial charge in [0.25, 0.3) is 0 Å². The third kappa shape index (κ3) is 5.94. The number of carbonyl (C=O) groups is 2. The van der Waals surface area contributed by atoms with E-state index in [0.717, 1.165) is 83.1 Å². The van der Waals surface area contributed by atoms with Crippen LogP contribution in [0.5, 0.6) is 0 Å². The highest BCUT2D eigenvalue weighted by molar-refractivity contribution is 7.91. The van der Waals surface area contributed by atoms with E-state index >= 15 is 0 Å². The number of nitrogens with zero attached hydrogens (tertiary/aromatic N) is 1. The van der Waals surface area contributed by atoms with E-state index in [1.54, 1.807) is 12.5 Å². The molecule has 1 N–H and O–H groups in total. The van der Waals surface area contributed by atoms with Crippen LogP contribution in [-0.4, -0.2) is 68.1 Å². The average molecular weight is 735 g/mol. The van der Waals surface area contributed by atoms with E-state index in [0.29, 0.717) is 35.7 Å². The lowest BCUT2D eigenvalue weighted by molar-refractivity contribution is -0.196. The number of ketones is 2. The molecule has 7 rings (SSSR count). The topological polar surface area (TPSA) is 83.6 Å². The molecule has 3 saturated carbocycles. The number of carbonyl (C=O) groups excluding carboxylic acids is 2. The summed E-state index contributed by atoms with van der Waals surface area (Å²) in [6.07, 6.45) is 19.7. The molecule has 7 heteroatoms. The van der Waals surface area contributed by atoms with Gasteiger partial charge >= 0.3 is 0 Å². The van der Waals surface area contributed by atoms with Crippen molar-refractivity contribution in [2.24, 2.45) is 51.2 Å². The van der Waals surface area contributed by atoms with Gasteiger partial charge in [0, 0.05) is 37.2 Å². The zero-order valence-corrected chi connectivity index (χ0v) is 34.9. The lowest BCUT2D eigenvalue weighted by Crippen LogP contribution is -2.66. The third-order valence-corrected chi connectivity index (χ3v) is 19.1. The Bertz CT molecular complexity index is 1680. The summed E-state index contributed by atoms with van der Waals surface area (Å²) >= 11 is 0. The number of allylic oxidation sites excluding steroid dienone is 5. The van der Waals surface area contributed by atoms with Crippen molar-refractivity contribution in [1.82, 2.24) is 10.2 Å². The Morgan fingerprint density at radius 1 is 0.923 bits per heavy atom. The minimum atomic E-state index is -2.98. The Hall–Kier alpha value is -1.57. The molecule has 290 valence electrons. The van der Waals surface area contributed by atoms with E-state index in [1.807, 2.05) is 0 Å². The van der Waals surface area contributed by atoms with E-state index in [4.69, 9.17) is 0 Å². The maximum Gasteiger partial charge on any atom is 0.161 e. The van der Waals surface area contributed by atoms with Crippen molar-refractivity contribution in [1.29, 1.82) is 0 Å². The van der Waals surface area contributed by atoms with Crippen LogP contribution >= 0.6 is 0 Å². The first kappa shape index (κ1) is 38.7. The van der Waals surface area contributed by atoms with E-state index < -0.39 is 9.84 Å². The lowest BCUT2D eigenvalue weighted by atomic mass is 9.33. The van der Waals surface area contributed by atoms with Crippen LogP contribution in [0.25, 0.3) is 0 Å². The van der Waals surface area contributed by atoms with Crippen LogP contribution in [0.4, 0.5) is 0 Å². The summed E-state index contributed by atoms with van der Waals surface area (Å²) in [6.45, 7) is 22.7. The molecule has 6 aliphatic carbocycles. The van der Waals surface area contributed by atoms with Crippen LogP contribution in [0.15, 0.2) is 34.4 Å². The molecule has 0 radical (unpaired) electrons.